The molecular formula is C22H21FN2O3. The Balaban J connectivity index is 1.62. The number of hydrogen-bond donors (Lipinski definition) is 0. The van der Waals surface area contributed by atoms with Crippen molar-refractivity contribution in [1.82, 2.24) is 9.55 Å². The van der Waals surface area contributed by atoms with Gasteiger partial charge < -0.3 is 4.74 Å². The number of benzene rings is 2. The Morgan fingerprint density at radius 1 is 1.14 bits per heavy atom. The van der Waals surface area contributed by atoms with E-state index in [4.69, 9.17) is 4.74 Å². The molecule has 28 heavy (non-hydrogen) atoms. The highest BCUT2D eigenvalue weighted by atomic mass is 19.1. The van der Waals surface area contributed by atoms with Gasteiger partial charge in [0, 0.05) is 13.0 Å². The standard InChI is InChI=1S/C22H21FN2O3/c1-14(15-6-9-17(23)10-7-15)28-22(27)16-8-11-18-19(13-16)24-20-5-3-2-4-12-25(20)21(18)26/h6-11,13-14H,2-5,12H2,1H3. The van der Waals surface area contributed by atoms with Crippen molar-refractivity contribution in [1.29, 1.82) is 0 Å². The van der Waals surface area contributed by atoms with Gasteiger partial charge in [0.2, 0.25) is 0 Å². The summed E-state index contributed by atoms with van der Waals surface area (Å²) in [7, 11) is 0. The lowest BCUT2D eigenvalue weighted by Gasteiger charge is -2.14. The van der Waals surface area contributed by atoms with E-state index in [1.807, 2.05) is 0 Å². The molecule has 5 nitrogen and oxygen atoms in total. The van der Waals surface area contributed by atoms with E-state index < -0.39 is 12.1 Å². The third-order valence-electron chi connectivity index (χ3n) is 5.18. The molecule has 3 aromatic rings. The molecule has 6 heteroatoms. The van der Waals surface area contributed by atoms with Gasteiger partial charge >= 0.3 is 5.97 Å². The summed E-state index contributed by atoms with van der Waals surface area (Å²) in [4.78, 5) is 30.0. The number of fused-ring (bicyclic) bond motifs is 2. The predicted octanol–water partition coefficient (Wildman–Crippen LogP) is 4.18. The molecule has 0 saturated heterocycles. The smallest absolute Gasteiger partial charge is 0.338 e. The predicted molar refractivity (Wildman–Crippen MR) is 104 cm³/mol. The fourth-order valence-electron chi connectivity index (χ4n) is 3.58. The lowest BCUT2D eigenvalue weighted by molar-refractivity contribution is 0.0338. The molecule has 1 atom stereocenters. The third-order valence-corrected chi connectivity index (χ3v) is 5.18. The van der Waals surface area contributed by atoms with E-state index in [-0.39, 0.29) is 11.4 Å². The van der Waals surface area contributed by atoms with Crippen LogP contribution in [0.5, 0.6) is 0 Å². The number of aromatic nitrogens is 2. The molecular weight excluding hydrogens is 359 g/mol. The first-order chi connectivity index (χ1) is 13.5. The Morgan fingerprint density at radius 2 is 1.93 bits per heavy atom. The number of carbonyl (C=O) groups excluding carboxylic acids is 1. The molecule has 144 valence electrons. The average molecular weight is 380 g/mol. The topological polar surface area (TPSA) is 61.2 Å². The molecule has 2 heterocycles. The van der Waals surface area contributed by atoms with Crippen molar-refractivity contribution in [2.45, 2.75) is 45.3 Å². The zero-order chi connectivity index (χ0) is 19.7. The summed E-state index contributed by atoms with van der Waals surface area (Å²) in [5.74, 6) is -0.0657. The molecule has 0 fully saturated rings. The van der Waals surface area contributed by atoms with Gasteiger partial charge in [-0.25, -0.2) is 14.2 Å². The molecule has 0 radical (unpaired) electrons. The molecule has 0 bridgehead atoms. The first-order valence-corrected chi connectivity index (χ1v) is 9.53. The van der Waals surface area contributed by atoms with Crippen LogP contribution in [-0.2, 0) is 17.7 Å². The number of rotatable bonds is 3. The van der Waals surface area contributed by atoms with Gasteiger partial charge in [0.25, 0.3) is 5.56 Å². The summed E-state index contributed by atoms with van der Waals surface area (Å²) in [6.45, 7) is 2.42. The van der Waals surface area contributed by atoms with Crippen LogP contribution in [0.4, 0.5) is 4.39 Å². The summed E-state index contributed by atoms with van der Waals surface area (Å²) in [5, 5.41) is 0.508. The first kappa shape index (κ1) is 18.3. The second kappa shape index (κ2) is 7.54. The molecule has 0 aliphatic carbocycles. The highest BCUT2D eigenvalue weighted by molar-refractivity contribution is 5.94. The minimum Gasteiger partial charge on any atom is -0.454 e. The SMILES string of the molecule is CC(OC(=O)c1ccc2c(=O)n3c(nc2c1)CCCCC3)c1ccc(F)cc1. The maximum absolute atomic E-state index is 13.1. The van der Waals surface area contributed by atoms with Crippen LogP contribution in [0.3, 0.4) is 0 Å². The maximum atomic E-state index is 13.1. The lowest BCUT2D eigenvalue weighted by Crippen LogP contribution is -2.24. The van der Waals surface area contributed by atoms with Crippen LogP contribution >= 0.6 is 0 Å². The van der Waals surface area contributed by atoms with Crippen molar-refractivity contribution < 1.29 is 13.9 Å². The summed E-state index contributed by atoms with van der Waals surface area (Å²) in [6, 6.07) is 10.7. The van der Waals surface area contributed by atoms with Gasteiger partial charge in [0.15, 0.2) is 0 Å². The molecule has 0 saturated carbocycles. The molecule has 0 N–H and O–H groups in total. The molecule has 0 amide bonds. The minimum absolute atomic E-state index is 0.0542. The number of halogens is 1. The van der Waals surface area contributed by atoms with Crippen molar-refractivity contribution >= 4 is 16.9 Å². The fraction of sp³-hybridized carbons (Fsp3) is 0.318. The van der Waals surface area contributed by atoms with E-state index >= 15 is 0 Å². The molecule has 2 aromatic carbocycles. The van der Waals surface area contributed by atoms with Gasteiger partial charge in [-0.2, -0.15) is 0 Å². The van der Waals surface area contributed by atoms with E-state index in [9.17, 15) is 14.0 Å². The molecule has 1 unspecified atom stereocenters. The number of carbonyl (C=O) groups is 1. The van der Waals surface area contributed by atoms with Gasteiger partial charge in [-0.05, 0) is 55.7 Å². The van der Waals surface area contributed by atoms with Gasteiger partial charge in [-0.1, -0.05) is 18.6 Å². The summed E-state index contributed by atoms with van der Waals surface area (Å²) in [5.41, 5.74) is 1.51. The Hall–Kier alpha value is -3.02. The van der Waals surface area contributed by atoms with Gasteiger partial charge in [0.1, 0.15) is 17.7 Å². The van der Waals surface area contributed by atoms with Crippen LogP contribution in [0.15, 0.2) is 47.3 Å². The Bertz CT molecular complexity index is 1090. The summed E-state index contributed by atoms with van der Waals surface area (Å²) in [6.07, 6.45) is 3.31. The van der Waals surface area contributed by atoms with Crippen LogP contribution in [0.2, 0.25) is 0 Å². The zero-order valence-corrected chi connectivity index (χ0v) is 15.7. The van der Waals surface area contributed by atoms with E-state index in [1.165, 1.54) is 12.1 Å². The van der Waals surface area contributed by atoms with E-state index in [1.54, 1.807) is 41.8 Å². The van der Waals surface area contributed by atoms with Crippen molar-refractivity contribution in [2.24, 2.45) is 0 Å². The Labute approximate surface area is 161 Å². The third kappa shape index (κ3) is 3.54. The maximum Gasteiger partial charge on any atom is 0.338 e. The summed E-state index contributed by atoms with van der Waals surface area (Å²) < 4.78 is 20.3. The van der Waals surface area contributed by atoms with E-state index in [0.29, 0.717) is 28.6 Å². The quantitative estimate of drug-likeness (QED) is 0.640. The number of aryl methyl sites for hydroxylation is 1. The van der Waals surface area contributed by atoms with Gasteiger partial charge in [-0.15, -0.1) is 0 Å². The van der Waals surface area contributed by atoms with Crippen molar-refractivity contribution in [3.63, 3.8) is 0 Å². The van der Waals surface area contributed by atoms with Crippen molar-refractivity contribution in [3.8, 4) is 0 Å². The number of nitrogens with zero attached hydrogens (tertiary/aromatic N) is 2. The molecule has 1 aliphatic heterocycles. The monoisotopic (exact) mass is 380 g/mol. The molecule has 4 rings (SSSR count). The highest BCUT2D eigenvalue weighted by Gasteiger charge is 2.17. The van der Waals surface area contributed by atoms with Crippen LogP contribution in [0, 0.1) is 5.82 Å². The van der Waals surface area contributed by atoms with Gasteiger partial charge in [0.05, 0.1) is 16.5 Å². The number of hydrogen-bond acceptors (Lipinski definition) is 4. The van der Waals surface area contributed by atoms with Crippen molar-refractivity contribution in [2.75, 3.05) is 0 Å². The lowest BCUT2D eigenvalue weighted by atomic mass is 10.1. The van der Waals surface area contributed by atoms with Gasteiger partial charge in [-0.3, -0.25) is 9.36 Å². The Morgan fingerprint density at radius 3 is 2.71 bits per heavy atom. The van der Waals surface area contributed by atoms with Crippen LogP contribution in [0.25, 0.3) is 10.9 Å². The fourth-order valence-corrected chi connectivity index (χ4v) is 3.58. The molecule has 1 aromatic heterocycles. The number of ether oxygens (including phenoxy) is 1. The second-order valence-corrected chi connectivity index (χ2v) is 7.13. The number of esters is 1. The zero-order valence-electron chi connectivity index (χ0n) is 15.7. The average Bonchev–Trinajstić information content (AvgIpc) is 2.94. The molecule has 1 aliphatic rings. The molecule has 0 spiro atoms. The van der Waals surface area contributed by atoms with E-state index in [2.05, 4.69) is 4.98 Å². The minimum atomic E-state index is -0.519. The van der Waals surface area contributed by atoms with E-state index in [0.717, 1.165) is 31.5 Å². The highest BCUT2D eigenvalue weighted by Crippen LogP contribution is 2.21. The second-order valence-electron chi connectivity index (χ2n) is 7.13. The van der Waals surface area contributed by atoms with Crippen molar-refractivity contribution in [3.05, 3.63) is 75.6 Å². The largest absolute Gasteiger partial charge is 0.454 e. The van der Waals surface area contributed by atoms with Crippen LogP contribution in [-0.4, -0.2) is 15.5 Å². The Kier molecular flexibility index (Phi) is 4.94. The van der Waals surface area contributed by atoms with Crippen LogP contribution < -0.4 is 5.56 Å². The first-order valence-electron chi connectivity index (χ1n) is 9.53. The normalized spacial score (nSPS) is 14.9. The van der Waals surface area contributed by atoms with Crippen LogP contribution in [0.1, 0.15) is 54.0 Å². The summed E-state index contributed by atoms with van der Waals surface area (Å²) >= 11 is 0.